The number of benzene rings is 1. The maximum absolute atomic E-state index is 12.3. The van der Waals surface area contributed by atoms with E-state index in [-0.39, 0.29) is 12.1 Å². The first-order chi connectivity index (χ1) is 11.5. The summed E-state index contributed by atoms with van der Waals surface area (Å²) in [6, 6.07) is 6.07. The zero-order valence-electron chi connectivity index (χ0n) is 15.1. The summed E-state index contributed by atoms with van der Waals surface area (Å²) >= 11 is 0. The number of carbonyl (C=O) groups excluding carboxylic acids is 1. The van der Waals surface area contributed by atoms with E-state index in [9.17, 15) is 4.79 Å². The molecule has 1 aliphatic heterocycles. The van der Waals surface area contributed by atoms with Gasteiger partial charge in [-0.15, -0.1) is 0 Å². The lowest BCUT2D eigenvalue weighted by Crippen LogP contribution is -2.56. The third-order valence-electron chi connectivity index (χ3n) is 5.81. The van der Waals surface area contributed by atoms with Gasteiger partial charge in [-0.25, -0.2) is 0 Å². The van der Waals surface area contributed by atoms with E-state index in [1.807, 2.05) is 12.1 Å². The van der Waals surface area contributed by atoms with Crippen molar-refractivity contribution in [2.45, 2.75) is 52.1 Å². The third-order valence-corrected chi connectivity index (χ3v) is 5.81. The monoisotopic (exact) mass is 324 g/mol. The van der Waals surface area contributed by atoms with E-state index in [2.05, 4.69) is 49.0 Å². The number of aryl methyl sites for hydroxylation is 2. The molecule has 2 fully saturated rings. The molecule has 1 aliphatic carbocycles. The highest BCUT2D eigenvalue weighted by atomic mass is 16.1. The van der Waals surface area contributed by atoms with Gasteiger partial charge in [0.05, 0.1) is 6.17 Å². The summed E-state index contributed by atoms with van der Waals surface area (Å²) in [5.41, 5.74) is 3.36. The van der Waals surface area contributed by atoms with E-state index in [1.165, 1.54) is 43.2 Å². The quantitative estimate of drug-likeness (QED) is 0.804. The number of hydrogen-bond donors (Lipinski definition) is 1. The van der Waals surface area contributed by atoms with Gasteiger partial charge in [-0.1, -0.05) is 31.2 Å². The number of nitrogens with zero attached hydrogens (tertiary/aromatic N) is 1. The number of nitrogens with one attached hydrogen (secondary N) is 1. The van der Waals surface area contributed by atoms with Gasteiger partial charge < -0.3 is 5.32 Å². The zero-order valence-corrected chi connectivity index (χ0v) is 15.1. The Morgan fingerprint density at radius 3 is 2.75 bits per heavy atom. The van der Waals surface area contributed by atoms with Crippen molar-refractivity contribution in [3.63, 3.8) is 0 Å². The number of fused-ring (bicyclic) bond motifs is 1. The van der Waals surface area contributed by atoms with Gasteiger partial charge in [-0.3, -0.25) is 9.69 Å². The molecule has 1 heterocycles. The number of amides is 1. The van der Waals surface area contributed by atoms with Crippen LogP contribution < -0.4 is 5.32 Å². The van der Waals surface area contributed by atoms with E-state index in [1.54, 1.807) is 0 Å². The summed E-state index contributed by atoms with van der Waals surface area (Å²) in [5.74, 6) is 6.99. The zero-order chi connectivity index (χ0) is 17.1. The van der Waals surface area contributed by atoms with Crippen molar-refractivity contribution in [3.8, 4) is 11.8 Å². The van der Waals surface area contributed by atoms with Crippen molar-refractivity contribution in [1.82, 2.24) is 10.2 Å². The highest BCUT2D eigenvalue weighted by Gasteiger charge is 2.38. The number of piperidine rings is 1. The fourth-order valence-electron chi connectivity index (χ4n) is 4.18. The molecule has 1 saturated carbocycles. The van der Waals surface area contributed by atoms with Gasteiger partial charge in [0.15, 0.2) is 0 Å². The van der Waals surface area contributed by atoms with Crippen LogP contribution in [0, 0.1) is 37.5 Å². The Labute approximate surface area is 145 Å². The lowest BCUT2D eigenvalue weighted by Gasteiger charge is -2.46. The largest absolute Gasteiger partial charge is 0.329 e. The summed E-state index contributed by atoms with van der Waals surface area (Å²) in [6.07, 6.45) is 6.59. The average molecular weight is 324 g/mol. The second kappa shape index (κ2) is 7.40. The third kappa shape index (κ3) is 3.82. The summed E-state index contributed by atoms with van der Waals surface area (Å²) in [5, 5.41) is 3.18. The first kappa shape index (κ1) is 17.0. The lowest BCUT2D eigenvalue weighted by molar-refractivity contribution is -0.119. The number of likely N-dealkylation sites (tertiary alicyclic amines) is 1. The van der Waals surface area contributed by atoms with E-state index in [4.69, 9.17) is 0 Å². The fourth-order valence-corrected chi connectivity index (χ4v) is 4.18. The van der Waals surface area contributed by atoms with Gasteiger partial charge >= 0.3 is 0 Å². The number of carbonyl (C=O) groups is 1. The molecule has 1 aromatic rings. The minimum Gasteiger partial charge on any atom is -0.329 e. The molecule has 1 N–H and O–H groups in total. The van der Waals surface area contributed by atoms with Crippen LogP contribution in [0.4, 0.5) is 0 Å². The van der Waals surface area contributed by atoms with Gasteiger partial charge in [0, 0.05) is 18.0 Å². The maximum atomic E-state index is 12.3. The lowest BCUT2D eigenvalue weighted by atomic mass is 9.73. The normalized spacial score (nSPS) is 26.9. The SMILES string of the molecule is Cc1ccc(C#CC(=O)NC2C3CCCCC3CCN2C)cc1C. The van der Waals surface area contributed by atoms with Gasteiger partial charge in [0.25, 0.3) is 5.91 Å². The van der Waals surface area contributed by atoms with Gasteiger partial charge in [0.2, 0.25) is 0 Å². The Hall–Kier alpha value is -1.79. The summed E-state index contributed by atoms with van der Waals surface area (Å²) < 4.78 is 0. The van der Waals surface area contributed by atoms with Gasteiger partial charge in [-0.05, 0) is 68.8 Å². The molecule has 0 bridgehead atoms. The summed E-state index contributed by atoms with van der Waals surface area (Å²) in [7, 11) is 2.12. The van der Waals surface area contributed by atoms with E-state index in [0.29, 0.717) is 5.92 Å². The van der Waals surface area contributed by atoms with Gasteiger partial charge in [0.1, 0.15) is 0 Å². The highest BCUT2D eigenvalue weighted by molar-refractivity contribution is 5.94. The smallest absolute Gasteiger partial charge is 0.297 e. The Morgan fingerprint density at radius 1 is 1.17 bits per heavy atom. The standard InChI is InChI=1S/C21H28N2O/c1-15-8-9-17(14-16(15)2)10-11-20(24)22-21-19-7-5-4-6-18(19)12-13-23(21)3/h8-9,14,18-19,21H,4-7,12-13H2,1-3H3,(H,22,24). The molecule has 2 aliphatic rings. The molecule has 3 unspecified atom stereocenters. The molecule has 3 rings (SSSR count). The van der Waals surface area contributed by atoms with Crippen molar-refractivity contribution in [3.05, 3.63) is 34.9 Å². The predicted molar refractivity (Wildman–Crippen MR) is 97.4 cm³/mol. The van der Waals surface area contributed by atoms with E-state index in [0.717, 1.165) is 18.0 Å². The Kier molecular flexibility index (Phi) is 5.26. The van der Waals surface area contributed by atoms with Gasteiger partial charge in [-0.2, -0.15) is 0 Å². The first-order valence-electron chi connectivity index (χ1n) is 9.14. The summed E-state index contributed by atoms with van der Waals surface area (Å²) in [4.78, 5) is 14.6. The molecule has 128 valence electrons. The van der Waals surface area contributed by atoms with E-state index >= 15 is 0 Å². The average Bonchev–Trinajstić information content (AvgIpc) is 2.58. The van der Waals surface area contributed by atoms with Crippen LogP contribution in [0.3, 0.4) is 0 Å². The molecule has 3 nitrogen and oxygen atoms in total. The first-order valence-corrected chi connectivity index (χ1v) is 9.14. The molecular weight excluding hydrogens is 296 g/mol. The molecule has 24 heavy (non-hydrogen) atoms. The molecular formula is C21H28N2O. The number of hydrogen-bond acceptors (Lipinski definition) is 2. The molecule has 1 saturated heterocycles. The molecule has 1 amide bonds. The molecule has 3 heteroatoms. The van der Waals surface area contributed by atoms with Crippen LogP contribution in [0.2, 0.25) is 0 Å². The van der Waals surface area contributed by atoms with Crippen LogP contribution >= 0.6 is 0 Å². The maximum Gasteiger partial charge on any atom is 0.297 e. The molecule has 0 spiro atoms. The Balaban J connectivity index is 1.67. The van der Waals surface area contributed by atoms with Crippen LogP contribution in [0.25, 0.3) is 0 Å². The van der Waals surface area contributed by atoms with Crippen LogP contribution in [0.15, 0.2) is 18.2 Å². The van der Waals surface area contributed by atoms with Crippen molar-refractivity contribution >= 4 is 5.91 Å². The van der Waals surface area contributed by atoms with E-state index < -0.39 is 0 Å². The van der Waals surface area contributed by atoms with Crippen molar-refractivity contribution in [2.75, 3.05) is 13.6 Å². The second-order valence-electron chi connectivity index (χ2n) is 7.45. The Morgan fingerprint density at radius 2 is 1.96 bits per heavy atom. The molecule has 0 aromatic heterocycles. The summed E-state index contributed by atoms with van der Waals surface area (Å²) in [6.45, 7) is 5.22. The molecule has 1 aromatic carbocycles. The van der Waals surface area contributed by atoms with Crippen molar-refractivity contribution < 1.29 is 4.79 Å². The topological polar surface area (TPSA) is 32.3 Å². The Bertz CT molecular complexity index is 670. The number of rotatable bonds is 1. The predicted octanol–water partition coefficient (Wildman–Crippen LogP) is 3.24. The molecule has 3 atom stereocenters. The van der Waals surface area contributed by atoms with Crippen molar-refractivity contribution in [1.29, 1.82) is 0 Å². The fraction of sp³-hybridized carbons (Fsp3) is 0.571. The van der Waals surface area contributed by atoms with Crippen LogP contribution in [-0.2, 0) is 4.79 Å². The van der Waals surface area contributed by atoms with Crippen LogP contribution in [0.5, 0.6) is 0 Å². The highest BCUT2D eigenvalue weighted by Crippen LogP contribution is 2.38. The van der Waals surface area contributed by atoms with Crippen molar-refractivity contribution in [2.24, 2.45) is 11.8 Å². The van der Waals surface area contributed by atoms with Crippen LogP contribution in [-0.4, -0.2) is 30.6 Å². The minimum atomic E-state index is -0.156. The van der Waals surface area contributed by atoms with Crippen LogP contribution in [0.1, 0.15) is 48.8 Å². The second-order valence-corrected chi connectivity index (χ2v) is 7.45. The minimum absolute atomic E-state index is 0.144. The molecule has 0 radical (unpaired) electrons.